The van der Waals surface area contributed by atoms with E-state index in [1.807, 2.05) is 30.5 Å². The normalized spacial score (nSPS) is 18.0. The Bertz CT molecular complexity index is 848. The van der Waals surface area contributed by atoms with Gasteiger partial charge in [0.05, 0.1) is 18.8 Å². The van der Waals surface area contributed by atoms with Gasteiger partial charge in [0.1, 0.15) is 5.75 Å². The van der Waals surface area contributed by atoms with Crippen LogP contribution < -0.4 is 10.1 Å². The van der Waals surface area contributed by atoms with Gasteiger partial charge in [0.25, 0.3) is 0 Å². The Balaban J connectivity index is 1.55. The number of aromatic nitrogens is 3. The molecule has 0 amide bonds. The molecule has 0 spiro atoms. The molecule has 1 saturated heterocycles. The highest BCUT2D eigenvalue weighted by Crippen LogP contribution is 2.31. The first kappa shape index (κ1) is 16.8. The fourth-order valence-corrected chi connectivity index (χ4v) is 3.51. The first-order chi connectivity index (χ1) is 12.8. The molecule has 0 bridgehead atoms. The minimum Gasteiger partial charge on any atom is -0.496 e. The van der Waals surface area contributed by atoms with E-state index >= 15 is 0 Å². The van der Waals surface area contributed by atoms with Crippen LogP contribution in [0, 0.1) is 0 Å². The molecule has 6 heteroatoms. The van der Waals surface area contributed by atoms with E-state index in [-0.39, 0.29) is 6.04 Å². The maximum Gasteiger partial charge on any atom is 0.123 e. The first-order valence-electron chi connectivity index (χ1n) is 8.87. The Morgan fingerprint density at radius 2 is 2.15 bits per heavy atom. The lowest BCUT2D eigenvalue weighted by Gasteiger charge is -2.36. The summed E-state index contributed by atoms with van der Waals surface area (Å²) >= 11 is 0. The van der Waals surface area contributed by atoms with Gasteiger partial charge >= 0.3 is 0 Å². The molecule has 6 nitrogen and oxygen atoms in total. The van der Waals surface area contributed by atoms with Crippen LogP contribution in [-0.4, -0.2) is 46.8 Å². The van der Waals surface area contributed by atoms with Crippen LogP contribution in [0.25, 0.3) is 11.3 Å². The number of H-pyrrole nitrogens is 1. The molecule has 1 aromatic carbocycles. The number of methoxy groups -OCH3 is 1. The summed E-state index contributed by atoms with van der Waals surface area (Å²) in [4.78, 5) is 6.64. The van der Waals surface area contributed by atoms with Crippen LogP contribution in [0.1, 0.15) is 17.3 Å². The van der Waals surface area contributed by atoms with Crippen LogP contribution in [-0.2, 0) is 6.54 Å². The van der Waals surface area contributed by atoms with Crippen molar-refractivity contribution in [1.29, 1.82) is 0 Å². The average Bonchev–Trinajstić information content (AvgIpc) is 3.18. The Hall–Kier alpha value is -2.70. The van der Waals surface area contributed by atoms with Crippen molar-refractivity contribution in [2.45, 2.75) is 12.6 Å². The lowest BCUT2D eigenvalue weighted by Crippen LogP contribution is -2.45. The van der Waals surface area contributed by atoms with E-state index in [2.05, 4.69) is 43.6 Å². The molecule has 26 heavy (non-hydrogen) atoms. The second kappa shape index (κ2) is 7.68. The zero-order chi connectivity index (χ0) is 17.8. The van der Waals surface area contributed by atoms with Gasteiger partial charge in [0.2, 0.25) is 0 Å². The van der Waals surface area contributed by atoms with E-state index in [0.29, 0.717) is 0 Å². The summed E-state index contributed by atoms with van der Waals surface area (Å²) in [5.41, 5.74) is 4.27. The van der Waals surface area contributed by atoms with Crippen molar-refractivity contribution in [1.82, 2.24) is 25.4 Å². The molecule has 0 saturated carbocycles. The second-order valence-electron chi connectivity index (χ2n) is 6.45. The number of nitrogens with zero attached hydrogens (tertiary/aromatic N) is 3. The lowest BCUT2D eigenvalue weighted by atomic mass is 10.0. The van der Waals surface area contributed by atoms with Crippen molar-refractivity contribution in [3.8, 4) is 17.0 Å². The Kier molecular flexibility index (Phi) is 4.95. The summed E-state index contributed by atoms with van der Waals surface area (Å²) < 4.78 is 5.58. The number of benzene rings is 1. The molecule has 2 aromatic heterocycles. The van der Waals surface area contributed by atoms with Crippen LogP contribution in [0.15, 0.2) is 54.9 Å². The molecule has 0 aliphatic carbocycles. The highest BCUT2D eigenvalue weighted by Gasteiger charge is 2.26. The monoisotopic (exact) mass is 349 g/mol. The van der Waals surface area contributed by atoms with Crippen LogP contribution >= 0.6 is 0 Å². The van der Waals surface area contributed by atoms with Crippen molar-refractivity contribution >= 4 is 0 Å². The van der Waals surface area contributed by atoms with Crippen LogP contribution in [0.3, 0.4) is 0 Å². The molecule has 4 rings (SSSR count). The predicted octanol–water partition coefficient (Wildman–Crippen LogP) is 2.63. The summed E-state index contributed by atoms with van der Waals surface area (Å²) in [7, 11) is 1.73. The molecule has 1 fully saturated rings. The Morgan fingerprint density at radius 3 is 3.00 bits per heavy atom. The van der Waals surface area contributed by atoms with E-state index in [1.165, 1.54) is 5.56 Å². The second-order valence-corrected chi connectivity index (χ2v) is 6.45. The van der Waals surface area contributed by atoms with Gasteiger partial charge in [-0.05, 0) is 24.3 Å². The highest BCUT2D eigenvalue weighted by atomic mass is 16.5. The third-order valence-electron chi connectivity index (χ3n) is 4.81. The molecular formula is C20H23N5O. The maximum absolute atomic E-state index is 5.58. The predicted molar refractivity (Wildman–Crippen MR) is 101 cm³/mol. The van der Waals surface area contributed by atoms with E-state index in [1.54, 1.807) is 13.3 Å². The van der Waals surface area contributed by atoms with Crippen LogP contribution in [0.4, 0.5) is 0 Å². The number of rotatable bonds is 5. The fraction of sp³-hybridized carbons (Fsp3) is 0.300. The number of ether oxygens (including phenoxy) is 1. The molecule has 3 heterocycles. The van der Waals surface area contributed by atoms with Gasteiger partial charge in [-0.1, -0.05) is 18.2 Å². The number of hydrogen-bond acceptors (Lipinski definition) is 5. The number of aromatic amines is 1. The summed E-state index contributed by atoms with van der Waals surface area (Å²) in [6.45, 7) is 3.68. The molecule has 0 radical (unpaired) electrons. The van der Waals surface area contributed by atoms with Crippen LogP contribution in [0.5, 0.6) is 5.75 Å². The zero-order valence-corrected chi connectivity index (χ0v) is 14.9. The Morgan fingerprint density at radius 1 is 1.23 bits per heavy atom. The van der Waals surface area contributed by atoms with Gasteiger partial charge in [-0.15, -0.1) is 0 Å². The summed E-state index contributed by atoms with van der Waals surface area (Å²) in [5, 5.41) is 11.1. The summed E-state index contributed by atoms with van der Waals surface area (Å²) in [6.07, 6.45) is 3.61. The molecule has 1 aliphatic rings. The lowest BCUT2D eigenvalue weighted by molar-refractivity contribution is 0.149. The van der Waals surface area contributed by atoms with Gasteiger partial charge in [-0.3, -0.25) is 15.0 Å². The van der Waals surface area contributed by atoms with E-state index in [9.17, 15) is 0 Å². The highest BCUT2D eigenvalue weighted by molar-refractivity contribution is 5.57. The quantitative estimate of drug-likeness (QED) is 0.741. The van der Waals surface area contributed by atoms with Gasteiger partial charge in [-0.2, -0.15) is 5.10 Å². The number of hydrogen-bond donors (Lipinski definition) is 2. The maximum atomic E-state index is 5.58. The fourth-order valence-electron chi connectivity index (χ4n) is 3.51. The van der Waals surface area contributed by atoms with Gasteiger partial charge in [0.15, 0.2) is 0 Å². The SMILES string of the molecule is COc1ccccc1C1CNCCN1Cc1cc(-c2cccnc2)n[nH]1. The number of para-hydroxylation sites is 1. The van der Waals surface area contributed by atoms with Crippen LogP contribution in [0.2, 0.25) is 0 Å². The molecule has 134 valence electrons. The van der Waals surface area contributed by atoms with E-state index in [4.69, 9.17) is 4.74 Å². The number of pyridine rings is 1. The topological polar surface area (TPSA) is 66.1 Å². The largest absolute Gasteiger partial charge is 0.496 e. The number of piperazine rings is 1. The summed E-state index contributed by atoms with van der Waals surface area (Å²) in [5.74, 6) is 0.937. The minimum atomic E-state index is 0.269. The first-order valence-corrected chi connectivity index (χ1v) is 8.87. The van der Waals surface area contributed by atoms with Crippen molar-refractivity contribution in [2.75, 3.05) is 26.7 Å². The van der Waals surface area contributed by atoms with Crippen molar-refractivity contribution in [2.24, 2.45) is 0 Å². The van der Waals surface area contributed by atoms with Crippen molar-refractivity contribution < 1.29 is 4.74 Å². The van der Waals surface area contributed by atoms with Crippen molar-refractivity contribution in [3.63, 3.8) is 0 Å². The smallest absolute Gasteiger partial charge is 0.123 e. The van der Waals surface area contributed by atoms with Gasteiger partial charge < -0.3 is 10.1 Å². The van der Waals surface area contributed by atoms with E-state index < -0.39 is 0 Å². The van der Waals surface area contributed by atoms with Gasteiger partial charge in [-0.25, -0.2) is 0 Å². The molecule has 1 atom stereocenters. The Labute approximate surface area is 153 Å². The molecule has 1 aliphatic heterocycles. The zero-order valence-electron chi connectivity index (χ0n) is 14.9. The third-order valence-corrected chi connectivity index (χ3v) is 4.81. The minimum absolute atomic E-state index is 0.269. The number of nitrogens with one attached hydrogen (secondary N) is 2. The average molecular weight is 349 g/mol. The molecular weight excluding hydrogens is 326 g/mol. The van der Waals surface area contributed by atoms with Gasteiger partial charge in [0, 0.05) is 55.4 Å². The third kappa shape index (κ3) is 3.47. The van der Waals surface area contributed by atoms with E-state index in [0.717, 1.165) is 48.9 Å². The molecule has 2 N–H and O–H groups in total. The standard InChI is InChI=1S/C20H23N5O/c1-26-20-7-3-2-6-17(20)19-13-22-9-10-25(19)14-16-11-18(24-23-16)15-5-4-8-21-12-15/h2-8,11-12,19,22H,9-10,13-14H2,1H3,(H,23,24). The van der Waals surface area contributed by atoms with Crippen molar-refractivity contribution in [3.05, 3.63) is 66.1 Å². The molecule has 1 unspecified atom stereocenters. The summed E-state index contributed by atoms with van der Waals surface area (Å²) in [6, 6.07) is 14.6. The molecule has 3 aromatic rings.